The van der Waals surface area contributed by atoms with Crippen LogP contribution in [0.15, 0.2) is 28.7 Å². The van der Waals surface area contributed by atoms with E-state index in [2.05, 4.69) is 71.2 Å². The van der Waals surface area contributed by atoms with Gasteiger partial charge in [0.15, 0.2) is 0 Å². The Morgan fingerprint density at radius 3 is 2.57 bits per heavy atom. The van der Waals surface area contributed by atoms with Crippen molar-refractivity contribution in [2.45, 2.75) is 52.5 Å². The topological polar surface area (TPSA) is 15.3 Å². The first-order chi connectivity index (χ1) is 10.2. The average molecular weight is 355 g/mol. The molecular weight excluding hydrogens is 324 g/mol. The number of halogens is 1. The first-order valence-electron chi connectivity index (χ1n) is 8.42. The fraction of sp³-hybridized carbons (Fsp3) is 0.667. The third kappa shape index (κ3) is 7.44. The molecule has 120 valence electrons. The van der Waals surface area contributed by atoms with Crippen LogP contribution in [-0.2, 0) is 0 Å². The second-order valence-corrected chi connectivity index (χ2v) is 6.55. The minimum absolute atomic E-state index is 0.457. The molecule has 1 atom stereocenters. The number of nitrogens with one attached hydrogen (secondary N) is 1. The van der Waals surface area contributed by atoms with E-state index in [0.29, 0.717) is 6.04 Å². The molecule has 0 fully saturated rings. The molecule has 0 aliphatic carbocycles. The van der Waals surface area contributed by atoms with E-state index in [1.165, 1.54) is 48.8 Å². The molecule has 0 aliphatic rings. The van der Waals surface area contributed by atoms with Crippen LogP contribution in [0.5, 0.6) is 0 Å². The lowest BCUT2D eigenvalue weighted by molar-refractivity contribution is 0.265. The fourth-order valence-electron chi connectivity index (χ4n) is 2.55. The van der Waals surface area contributed by atoms with E-state index >= 15 is 0 Å². The van der Waals surface area contributed by atoms with E-state index in [9.17, 15) is 0 Å². The van der Waals surface area contributed by atoms with Gasteiger partial charge in [0, 0.05) is 10.5 Å². The highest BCUT2D eigenvalue weighted by atomic mass is 79.9. The van der Waals surface area contributed by atoms with Crippen LogP contribution in [0, 0.1) is 0 Å². The maximum atomic E-state index is 3.70. The molecule has 2 nitrogen and oxygen atoms in total. The summed E-state index contributed by atoms with van der Waals surface area (Å²) in [4.78, 5) is 2.57. The average Bonchev–Trinajstić information content (AvgIpc) is 2.50. The van der Waals surface area contributed by atoms with Gasteiger partial charge in [0.05, 0.1) is 0 Å². The summed E-state index contributed by atoms with van der Waals surface area (Å²) in [6.45, 7) is 11.4. The Morgan fingerprint density at radius 2 is 1.95 bits per heavy atom. The van der Waals surface area contributed by atoms with Gasteiger partial charge in [-0.05, 0) is 63.1 Å². The van der Waals surface area contributed by atoms with Gasteiger partial charge in [-0.3, -0.25) is 0 Å². The van der Waals surface area contributed by atoms with Gasteiger partial charge < -0.3 is 10.2 Å². The summed E-state index contributed by atoms with van der Waals surface area (Å²) in [6.07, 6.45) is 4.93. The molecule has 1 aromatic carbocycles. The SMILES string of the molecule is CCCCN(CC)CCC(NCCC)c1cccc(Br)c1. The zero-order valence-corrected chi connectivity index (χ0v) is 15.5. The van der Waals surface area contributed by atoms with Crippen LogP contribution in [-0.4, -0.2) is 31.1 Å². The van der Waals surface area contributed by atoms with Gasteiger partial charge in [0.1, 0.15) is 0 Å². The Bertz CT molecular complexity index is 381. The van der Waals surface area contributed by atoms with E-state index in [1.807, 2.05) is 0 Å². The summed E-state index contributed by atoms with van der Waals surface area (Å²) in [5, 5.41) is 3.70. The molecule has 0 saturated heterocycles. The van der Waals surface area contributed by atoms with Gasteiger partial charge in [0.25, 0.3) is 0 Å². The van der Waals surface area contributed by atoms with Crippen molar-refractivity contribution in [2.24, 2.45) is 0 Å². The Morgan fingerprint density at radius 1 is 1.14 bits per heavy atom. The number of hydrogen-bond acceptors (Lipinski definition) is 2. The highest BCUT2D eigenvalue weighted by Crippen LogP contribution is 2.21. The first kappa shape index (κ1) is 18.7. The van der Waals surface area contributed by atoms with Crippen LogP contribution in [0.4, 0.5) is 0 Å². The first-order valence-corrected chi connectivity index (χ1v) is 9.21. The monoisotopic (exact) mass is 354 g/mol. The summed E-state index contributed by atoms with van der Waals surface area (Å²) in [6, 6.07) is 9.17. The third-order valence-corrected chi connectivity index (χ3v) is 4.39. The molecule has 0 spiro atoms. The number of unbranched alkanes of at least 4 members (excludes halogenated alkanes) is 1. The van der Waals surface area contributed by atoms with Crippen molar-refractivity contribution < 1.29 is 0 Å². The lowest BCUT2D eigenvalue weighted by Crippen LogP contribution is -2.30. The van der Waals surface area contributed by atoms with Crippen LogP contribution in [0.2, 0.25) is 0 Å². The maximum absolute atomic E-state index is 3.70. The summed E-state index contributed by atoms with van der Waals surface area (Å²) >= 11 is 3.59. The standard InChI is InChI=1S/C18H31BrN2/c1-4-7-13-21(6-3)14-11-18(20-12-5-2)16-9-8-10-17(19)15-16/h8-10,15,18,20H,4-7,11-14H2,1-3H3. The molecule has 1 aromatic rings. The molecule has 0 radical (unpaired) electrons. The second-order valence-electron chi connectivity index (χ2n) is 5.64. The lowest BCUT2D eigenvalue weighted by atomic mass is 10.0. The molecular formula is C18H31BrN2. The largest absolute Gasteiger partial charge is 0.310 e. The van der Waals surface area contributed by atoms with Crippen LogP contribution in [0.3, 0.4) is 0 Å². The molecule has 0 aliphatic heterocycles. The molecule has 1 N–H and O–H groups in total. The van der Waals surface area contributed by atoms with Crippen molar-refractivity contribution in [1.82, 2.24) is 10.2 Å². The minimum Gasteiger partial charge on any atom is -0.310 e. The molecule has 3 heteroatoms. The second kappa shape index (κ2) is 11.2. The van der Waals surface area contributed by atoms with Crippen LogP contribution in [0.1, 0.15) is 58.1 Å². The summed E-state index contributed by atoms with van der Waals surface area (Å²) in [7, 11) is 0. The Hall–Kier alpha value is -0.380. The van der Waals surface area contributed by atoms with Crippen molar-refractivity contribution >= 4 is 15.9 Å². The summed E-state index contributed by atoms with van der Waals surface area (Å²) in [5.74, 6) is 0. The molecule has 0 aromatic heterocycles. The molecule has 21 heavy (non-hydrogen) atoms. The van der Waals surface area contributed by atoms with E-state index in [4.69, 9.17) is 0 Å². The highest BCUT2D eigenvalue weighted by molar-refractivity contribution is 9.10. The van der Waals surface area contributed by atoms with E-state index in [0.717, 1.165) is 13.1 Å². The number of nitrogens with zero attached hydrogens (tertiary/aromatic N) is 1. The van der Waals surface area contributed by atoms with E-state index < -0.39 is 0 Å². The predicted molar refractivity (Wildman–Crippen MR) is 96.8 cm³/mol. The zero-order valence-electron chi connectivity index (χ0n) is 13.9. The van der Waals surface area contributed by atoms with Crippen LogP contribution >= 0.6 is 15.9 Å². The minimum atomic E-state index is 0.457. The van der Waals surface area contributed by atoms with Crippen LogP contribution < -0.4 is 5.32 Å². The van der Waals surface area contributed by atoms with E-state index in [-0.39, 0.29) is 0 Å². The summed E-state index contributed by atoms with van der Waals surface area (Å²) in [5.41, 5.74) is 1.39. The highest BCUT2D eigenvalue weighted by Gasteiger charge is 2.12. The van der Waals surface area contributed by atoms with Gasteiger partial charge in [-0.15, -0.1) is 0 Å². The summed E-state index contributed by atoms with van der Waals surface area (Å²) < 4.78 is 1.17. The third-order valence-electron chi connectivity index (χ3n) is 3.90. The quantitative estimate of drug-likeness (QED) is 0.601. The smallest absolute Gasteiger partial charge is 0.0332 e. The van der Waals surface area contributed by atoms with Gasteiger partial charge in [-0.2, -0.15) is 0 Å². The van der Waals surface area contributed by atoms with Crippen molar-refractivity contribution in [3.05, 3.63) is 34.3 Å². The van der Waals surface area contributed by atoms with E-state index in [1.54, 1.807) is 0 Å². The predicted octanol–water partition coefficient (Wildman–Crippen LogP) is 5.00. The van der Waals surface area contributed by atoms with Crippen molar-refractivity contribution in [3.8, 4) is 0 Å². The maximum Gasteiger partial charge on any atom is 0.0332 e. The molecule has 0 amide bonds. The lowest BCUT2D eigenvalue weighted by Gasteiger charge is -2.25. The number of benzene rings is 1. The Balaban J connectivity index is 2.60. The molecule has 1 rings (SSSR count). The Kier molecular flexibility index (Phi) is 9.98. The van der Waals surface area contributed by atoms with Crippen molar-refractivity contribution in [3.63, 3.8) is 0 Å². The molecule has 0 bridgehead atoms. The number of hydrogen-bond donors (Lipinski definition) is 1. The zero-order chi connectivity index (χ0) is 15.5. The normalized spacial score (nSPS) is 12.8. The Labute approximate surface area is 139 Å². The van der Waals surface area contributed by atoms with Gasteiger partial charge in [-0.1, -0.05) is 55.3 Å². The molecule has 0 saturated carbocycles. The molecule has 0 heterocycles. The number of rotatable bonds is 11. The van der Waals surface area contributed by atoms with Gasteiger partial charge >= 0.3 is 0 Å². The van der Waals surface area contributed by atoms with Gasteiger partial charge in [-0.25, -0.2) is 0 Å². The molecule has 1 unspecified atom stereocenters. The van der Waals surface area contributed by atoms with Crippen molar-refractivity contribution in [2.75, 3.05) is 26.2 Å². The van der Waals surface area contributed by atoms with Crippen LogP contribution in [0.25, 0.3) is 0 Å². The fourth-order valence-corrected chi connectivity index (χ4v) is 2.97. The van der Waals surface area contributed by atoms with Crippen molar-refractivity contribution in [1.29, 1.82) is 0 Å². The van der Waals surface area contributed by atoms with Gasteiger partial charge in [0.2, 0.25) is 0 Å².